The van der Waals surface area contributed by atoms with Crippen LogP contribution >= 0.6 is 0 Å². The number of anilines is 1. The Hall–Kier alpha value is -1.37. The van der Waals surface area contributed by atoms with Gasteiger partial charge in [-0.3, -0.25) is 0 Å². The van der Waals surface area contributed by atoms with E-state index < -0.39 is 11.9 Å². The van der Waals surface area contributed by atoms with Crippen LogP contribution in [0.25, 0.3) is 0 Å². The zero-order valence-electron chi connectivity index (χ0n) is 10.2. The summed E-state index contributed by atoms with van der Waals surface area (Å²) in [6.45, 7) is 3.27. The molecule has 0 aliphatic carbocycles. The average molecular weight is 262 g/mol. The van der Waals surface area contributed by atoms with Crippen LogP contribution in [0.5, 0.6) is 0 Å². The first-order valence-corrected chi connectivity index (χ1v) is 5.82. The molecule has 0 radical (unpaired) electrons. The number of nitrogens with one attached hydrogen (secondary N) is 1. The minimum absolute atomic E-state index is 0.346. The van der Waals surface area contributed by atoms with Crippen molar-refractivity contribution < 1.29 is 13.2 Å². The van der Waals surface area contributed by atoms with Crippen molar-refractivity contribution in [3.8, 4) is 0 Å². The molecule has 0 saturated heterocycles. The first-order chi connectivity index (χ1) is 8.47. The summed E-state index contributed by atoms with van der Waals surface area (Å²) in [5, 5.41) is 9.60. The number of rotatable bonds is 6. The van der Waals surface area contributed by atoms with Gasteiger partial charge in [-0.05, 0) is 31.0 Å². The summed E-state index contributed by atoms with van der Waals surface area (Å²) in [4.78, 5) is 0. The molecule has 4 nitrogen and oxygen atoms in total. The molecule has 0 aliphatic rings. The highest BCUT2D eigenvalue weighted by Gasteiger charge is 2.32. The van der Waals surface area contributed by atoms with Gasteiger partial charge in [-0.1, -0.05) is 13.3 Å². The number of nitrogens with two attached hydrogens (primary N) is 1. The Morgan fingerprint density at radius 3 is 2.50 bits per heavy atom. The molecular formula is C11H17F3N4. The summed E-state index contributed by atoms with van der Waals surface area (Å²) >= 11 is 0. The minimum Gasteiger partial charge on any atom is -0.368 e. The third kappa shape index (κ3) is 4.48. The van der Waals surface area contributed by atoms with E-state index in [1.165, 1.54) is 6.07 Å². The van der Waals surface area contributed by atoms with E-state index in [0.717, 1.165) is 18.9 Å². The van der Waals surface area contributed by atoms with Crippen LogP contribution in [0.1, 0.15) is 25.5 Å². The standard InChI is InChI=1S/C11H17F3N4/c1-2-8(5-6-15)7-16-10-4-3-9(17-18-10)11(12,13)14/h3-4,8H,2,5-7,15H2,1H3,(H,16,18). The second-order valence-corrected chi connectivity index (χ2v) is 4.03. The lowest BCUT2D eigenvalue weighted by Crippen LogP contribution is -2.18. The molecule has 1 unspecified atom stereocenters. The Balaban J connectivity index is 2.53. The van der Waals surface area contributed by atoms with Gasteiger partial charge in [-0.25, -0.2) is 0 Å². The SMILES string of the molecule is CCC(CCN)CNc1ccc(C(F)(F)F)nn1. The average Bonchev–Trinajstić information content (AvgIpc) is 2.34. The molecule has 0 spiro atoms. The quantitative estimate of drug-likeness (QED) is 0.825. The number of hydrogen-bond donors (Lipinski definition) is 2. The lowest BCUT2D eigenvalue weighted by atomic mass is 10.0. The van der Waals surface area contributed by atoms with Crippen LogP contribution in [0.15, 0.2) is 12.1 Å². The topological polar surface area (TPSA) is 63.8 Å². The van der Waals surface area contributed by atoms with E-state index in [1.54, 1.807) is 0 Å². The van der Waals surface area contributed by atoms with Crippen molar-refractivity contribution in [2.75, 3.05) is 18.4 Å². The molecule has 18 heavy (non-hydrogen) atoms. The minimum atomic E-state index is -4.45. The van der Waals surface area contributed by atoms with Gasteiger partial charge in [-0.2, -0.15) is 13.2 Å². The summed E-state index contributed by atoms with van der Waals surface area (Å²) in [5.74, 6) is 0.734. The molecule has 0 aromatic carbocycles. The molecule has 1 aromatic heterocycles. The molecule has 1 heterocycles. The van der Waals surface area contributed by atoms with Crippen molar-refractivity contribution in [1.82, 2.24) is 10.2 Å². The van der Waals surface area contributed by atoms with Crippen LogP contribution in [-0.2, 0) is 6.18 Å². The third-order valence-electron chi connectivity index (χ3n) is 2.68. The summed E-state index contributed by atoms with van der Waals surface area (Å²) in [6.07, 6.45) is -2.62. The Morgan fingerprint density at radius 2 is 2.06 bits per heavy atom. The lowest BCUT2D eigenvalue weighted by molar-refractivity contribution is -0.141. The number of nitrogens with zero attached hydrogens (tertiary/aromatic N) is 2. The molecule has 1 rings (SSSR count). The molecule has 0 aliphatic heterocycles. The van der Waals surface area contributed by atoms with E-state index in [1.807, 2.05) is 6.92 Å². The second kappa shape index (κ2) is 6.53. The fraction of sp³-hybridized carbons (Fsp3) is 0.636. The highest BCUT2D eigenvalue weighted by Crippen LogP contribution is 2.27. The number of hydrogen-bond acceptors (Lipinski definition) is 4. The normalized spacial score (nSPS) is 13.4. The van der Waals surface area contributed by atoms with Crippen LogP contribution in [0.4, 0.5) is 19.0 Å². The van der Waals surface area contributed by atoms with Gasteiger partial charge in [0.2, 0.25) is 0 Å². The molecule has 0 amide bonds. The van der Waals surface area contributed by atoms with Crippen LogP contribution in [0.2, 0.25) is 0 Å². The van der Waals surface area contributed by atoms with E-state index in [0.29, 0.717) is 24.8 Å². The van der Waals surface area contributed by atoms with Gasteiger partial charge < -0.3 is 11.1 Å². The maximum absolute atomic E-state index is 12.3. The summed E-state index contributed by atoms with van der Waals surface area (Å²) in [5.41, 5.74) is 4.48. The lowest BCUT2D eigenvalue weighted by Gasteiger charge is -2.14. The van der Waals surface area contributed by atoms with Gasteiger partial charge in [0, 0.05) is 6.54 Å². The van der Waals surface area contributed by atoms with Crippen molar-refractivity contribution in [3.63, 3.8) is 0 Å². The zero-order valence-corrected chi connectivity index (χ0v) is 10.2. The van der Waals surface area contributed by atoms with E-state index in [-0.39, 0.29) is 0 Å². The van der Waals surface area contributed by atoms with Crippen molar-refractivity contribution in [2.24, 2.45) is 11.7 Å². The van der Waals surface area contributed by atoms with Gasteiger partial charge in [0.15, 0.2) is 5.69 Å². The fourth-order valence-corrected chi connectivity index (χ4v) is 1.51. The van der Waals surface area contributed by atoms with Gasteiger partial charge >= 0.3 is 6.18 Å². The third-order valence-corrected chi connectivity index (χ3v) is 2.68. The Kier molecular flexibility index (Phi) is 5.33. The van der Waals surface area contributed by atoms with Crippen LogP contribution in [0.3, 0.4) is 0 Å². The van der Waals surface area contributed by atoms with Crippen molar-refractivity contribution >= 4 is 5.82 Å². The first-order valence-electron chi connectivity index (χ1n) is 5.82. The molecule has 0 saturated carbocycles. The van der Waals surface area contributed by atoms with E-state index in [2.05, 4.69) is 15.5 Å². The van der Waals surface area contributed by atoms with Gasteiger partial charge in [0.05, 0.1) is 0 Å². The van der Waals surface area contributed by atoms with Crippen molar-refractivity contribution in [2.45, 2.75) is 25.9 Å². The Labute approximate surface area is 104 Å². The maximum Gasteiger partial charge on any atom is 0.435 e. The van der Waals surface area contributed by atoms with Gasteiger partial charge in [0.25, 0.3) is 0 Å². The maximum atomic E-state index is 12.3. The summed E-state index contributed by atoms with van der Waals surface area (Å²) in [7, 11) is 0. The zero-order chi connectivity index (χ0) is 13.6. The number of alkyl halides is 3. The molecule has 7 heteroatoms. The molecular weight excluding hydrogens is 245 g/mol. The largest absolute Gasteiger partial charge is 0.435 e. The molecule has 102 valence electrons. The van der Waals surface area contributed by atoms with E-state index in [9.17, 15) is 13.2 Å². The highest BCUT2D eigenvalue weighted by molar-refractivity contribution is 5.33. The highest BCUT2D eigenvalue weighted by atomic mass is 19.4. The van der Waals surface area contributed by atoms with E-state index >= 15 is 0 Å². The van der Waals surface area contributed by atoms with Crippen LogP contribution < -0.4 is 11.1 Å². The number of aromatic nitrogens is 2. The second-order valence-electron chi connectivity index (χ2n) is 4.03. The molecule has 0 bridgehead atoms. The van der Waals surface area contributed by atoms with E-state index in [4.69, 9.17) is 5.73 Å². The van der Waals surface area contributed by atoms with Crippen LogP contribution in [-0.4, -0.2) is 23.3 Å². The Morgan fingerprint density at radius 1 is 1.33 bits per heavy atom. The monoisotopic (exact) mass is 262 g/mol. The smallest absolute Gasteiger partial charge is 0.368 e. The summed E-state index contributed by atoms with van der Waals surface area (Å²) < 4.78 is 36.8. The molecule has 0 fully saturated rings. The van der Waals surface area contributed by atoms with Crippen molar-refractivity contribution in [1.29, 1.82) is 0 Å². The first kappa shape index (κ1) is 14.7. The van der Waals surface area contributed by atoms with Gasteiger partial charge in [0.1, 0.15) is 5.82 Å². The Bertz CT molecular complexity index is 350. The summed E-state index contributed by atoms with van der Waals surface area (Å²) in [6, 6.07) is 2.20. The van der Waals surface area contributed by atoms with Crippen LogP contribution in [0, 0.1) is 5.92 Å². The van der Waals surface area contributed by atoms with Crippen molar-refractivity contribution in [3.05, 3.63) is 17.8 Å². The molecule has 1 aromatic rings. The predicted molar refractivity (Wildman–Crippen MR) is 63.0 cm³/mol. The predicted octanol–water partition coefficient (Wildman–Crippen LogP) is 2.28. The fourth-order valence-electron chi connectivity index (χ4n) is 1.51. The number of halogens is 3. The molecule has 1 atom stereocenters. The molecule has 3 N–H and O–H groups in total. The van der Waals surface area contributed by atoms with Gasteiger partial charge in [-0.15, -0.1) is 10.2 Å².